The lowest BCUT2D eigenvalue weighted by Gasteiger charge is -2.37. The van der Waals surface area contributed by atoms with E-state index in [0.717, 1.165) is 23.9 Å². The van der Waals surface area contributed by atoms with Gasteiger partial charge >= 0.3 is 6.18 Å². The van der Waals surface area contributed by atoms with E-state index in [2.05, 4.69) is 9.97 Å². The third-order valence-electron chi connectivity index (χ3n) is 3.63. The van der Waals surface area contributed by atoms with Crippen LogP contribution in [0.1, 0.15) is 25.7 Å². The molecule has 1 fully saturated rings. The van der Waals surface area contributed by atoms with Crippen molar-refractivity contribution in [1.29, 1.82) is 0 Å². The molecule has 0 N–H and O–H groups in total. The van der Waals surface area contributed by atoms with Crippen molar-refractivity contribution in [2.75, 3.05) is 4.90 Å². The molecule has 0 radical (unpaired) electrons. The predicted molar refractivity (Wildman–Crippen MR) is 67.3 cm³/mol. The van der Waals surface area contributed by atoms with Crippen LogP contribution in [0.3, 0.4) is 0 Å². The summed E-state index contributed by atoms with van der Waals surface area (Å²) < 4.78 is 43.7. The van der Waals surface area contributed by atoms with Gasteiger partial charge in [-0.15, -0.1) is 0 Å². The molecule has 0 saturated heterocycles. The summed E-state index contributed by atoms with van der Waals surface area (Å²) in [5.74, 6) is -1.29. The standard InChI is InChI=1S/C12H11ClF3N3O2/c13-11-17-5-7-9(18-11)19(6-3-1-2-4-6)10(20)8(21-7)12(14,15)16/h5-6,8H,1-4H2. The fourth-order valence-corrected chi connectivity index (χ4v) is 2.86. The zero-order valence-corrected chi connectivity index (χ0v) is 11.5. The molecule has 1 aliphatic carbocycles. The molecule has 2 heterocycles. The number of fused-ring (bicyclic) bond motifs is 1. The zero-order chi connectivity index (χ0) is 15.2. The van der Waals surface area contributed by atoms with Gasteiger partial charge in [-0.25, -0.2) is 4.98 Å². The molecule has 0 spiro atoms. The third-order valence-corrected chi connectivity index (χ3v) is 3.81. The maximum Gasteiger partial charge on any atom is 0.434 e. The molecular formula is C12H11ClF3N3O2. The Morgan fingerprint density at radius 2 is 2.00 bits per heavy atom. The van der Waals surface area contributed by atoms with E-state index in [4.69, 9.17) is 16.3 Å². The van der Waals surface area contributed by atoms with Crippen molar-refractivity contribution in [3.63, 3.8) is 0 Å². The molecule has 1 aromatic rings. The Balaban J connectivity index is 2.06. The van der Waals surface area contributed by atoms with Gasteiger partial charge in [0, 0.05) is 6.04 Å². The molecule has 2 aliphatic rings. The molecule has 0 bridgehead atoms. The average molecular weight is 322 g/mol. The van der Waals surface area contributed by atoms with E-state index >= 15 is 0 Å². The Hall–Kier alpha value is -1.57. The zero-order valence-electron chi connectivity index (χ0n) is 10.7. The highest BCUT2D eigenvalue weighted by atomic mass is 35.5. The Kier molecular flexibility index (Phi) is 3.43. The largest absolute Gasteiger partial charge is 0.465 e. The highest BCUT2D eigenvalue weighted by molar-refractivity contribution is 6.28. The van der Waals surface area contributed by atoms with Gasteiger partial charge in [0.2, 0.25) is 5.28 Å². The molecule has 1 aliphatic heterocycles. The van der Waals surface area contributed by atoms with Gasteiger partial charge in [0.15, 0.2) is 11.6 Å². The highest BCUT2D eigenvalue weighted by Crippen LogP contribution is 2.40. The van der Waals surface area contributed by atoms with Gasteiger partial charge in [-0.05, 0) is 24.4 Å². The van der Waals surface area contributed by atoms with Crippen LogP contribution < -0.4 is 9.64 Å². The summed E-state index contributed by atoms with van der Waals surface area (Å²) in [6, 6.07) is -0.309. The lowest BCUT2D eigenvalue weighted by molar-refractivity contribution is -0.198. The number of hydrogen-bond donors (Lipinski definition) is 0. The molecule has 9 heteroatoms. The van der Waals surface area contributed by atoms with Crippen LogP contribution in [0.15, 0.2) is 6.20 Å². The minimum Gasteiger partial charge on any atom is -0.465 e. The molecule has 1 saturated carbocycles. The van der Waals surface area contributed by atoms with Crippen molar-refractivity contribution < 1.29 is 22.7 Å². The van der Waals surface area contributed by atoms with Crippen LogP contribution in [0.25, 0.3) is 0 Å². The first-order valence-electron chi connectivity index (χ1n) is 6.47. The van der Waals surface area contributed by atoms with E-state index in [-0.39, 0.29) is 22.9 Å². The summed E-state index contributed by atoms with van der Waals surface area (Å²) >= 11 is 5.68. The Bertz CT molecular complexity index is 575. The maximum absolute atomic E-state index is 13.0. The van der Waals surface area contributed by atoms with Crippen molar-refractivity contribution in [2.24, 2.45) is 0 Å². The van der Waals surface area contributed by atoms with Gasteiger partial charge in [0.25, 0.3) is 12.0 Å². The van der Waals surface area contributed by atoms with Crippen LogP contribution in [0.5, 0.6) is 5.75 Å². The molecule has 114 valence electrons. The number of alkyl halides is 3. The number of anilines is 1. The number of halogens is 4. The second-order valence-corrected chi connectivity index (χ2v) is 5.35. The van der Waals surface area contributed by atoms with Crippen molar-refractivity contribution >= 4 is 23.3 Å². The Morgan fingerprint density at radius 1 is 1.33 bits per heavy atom. The van der Waals surface area contributed by atoms with E-state index < -0.39 is 18.2 Å². The quantitative estimate of drug-likeness (QED) is 0.746. The van der Waals surface area contributed by atoms with Crippen molar-refractivity contribution in [3.05, 3.63) is 11.5 Å². The van der Waals surface area contributed by atoms with Crippen LogP contribution >= 0.6 is 11.6 Å². The fraction of sp³-hybridized carbons (Fsp3) is 0.583. The Labute approximate surface area is 123 Å². The molecular weight excluding hydrogens is 311 g/mol. The second kappa shape index (κ2) is 5.01. The number of hydrogen-bond acceptors (Lipinski definition) is 4. The average Bonchev–Trinajstić information content (AvgIpc) is 2.90. The van der Waals surface area contributed by atoms with Gasteiger partial charge in [-0.1, -0.05) is 12.8 Å². The molecule has 3 rings (SSSR count). The minimum atomic E-state index is -4.79. The van der Waals surface area contributed by atoms with E-state index in [9.17, 15) is 18.0 Å². The first-order valence-corrected chi connectivity index (χ1v) is 6.84. The van der Waals surface area contributed by atoms with Gasteiger partial charge in [0.05, 0.1) is 6.20 Å². The van der Waals surface area contributed by atoms with Crippen molar-refractivity contribution in [2.45, 2.75) is 44.0 Å². The molecule has 1 amide bonds. The number of carbonyl (C=O) groups is 1. The summed E-state index contributed by atoms with van der Waals surface area (Å²) in [7, 11) is 0. The number of rotatable bonds is 1. The topological polar surface area (TPSA) is 55.3 Å². The summed E-state index contributed by atoms with van der Waals surface area (Å²) in [4.78, 5) is 20.8. The second-order valence-electron chi connectivity index (χ2n) is 5.01. The molecule has 1 aromatic heterocycles. The summed E-state index contributed by atoms with van der Waals surface area (Å²) in [6.45, 7) is 0. The number of amides is 1. The number of ether oxygens (including phenoxy) is 1. The number of aromatic nitrogens is 2. The minimum absolute atomic E-state index is 0.0207. The SMILES string of the molecule is O=C1C(C(F)(F)F)Oc2cnc(Cl)nc2N1C1CCCC1. The smallest absolute Gasteiger partial charge is 0.434 e. The molecule has 1 atom stereocenters. The predicted octanol–water partition coefficient (Wildman–Crippen LogP) is 2.73. The van der Waals surface area contributed by atoms with Crippen molar-refractivity contribution in [1.82, 2.24) is 9.97 Å². The third kappa shape index (κ3) is 2.52. The lowest BCUT2D eigenvalue weighted by atomic mass is 10.1. The molecule has 5 nitrogen and oxygen atoms in total. The maximum atomic E-state index is 13.0. The number of carbonyl (C=O) groups excluding carboxylic acids is 1. The summed E-state index contributed by atoms with van der Waals surface area (Å²) in [6.07, 6.45) is -3.24. The fourth-order valence-electron chi connectivity index (χ4n) is 2.73. The van der Waals surface area contributed by atoms with Crippen LogP contribution in [0.4, 0.5) is 19.0 Å². The van der Waals surface area contributed by atoms with Crippen LogP contribution in [0.2, 0.25) is 5.28 Å². The van der Waals surface area contributed by atoms with Crippen LogP contribution in [-0.4, -0.2) is 34.2 Å². The Morgan fingerprint density at radius 3 is 2.62 bits per heavy atom. The molecule has 1 unspecified atom stereocenters. The van der Waals surface area contributed by atoms with Gasteiger partial charge < -0.3 is 4.74 Å². The summed E-state index contributed by atoms with van der Waals surface area (Å²) in [5, 5.41) is -0.140. The van der Waals surface area contributed by atoms with Crippen LogP contribution in [0, 0.1) is 0 Å². The summed E-state index contributed by atoms with van der Waals surface area (Å²) in [5.41, 5.74) is 0. The normalized spacial score (nSPS) is 23.1. The highest BCUT2D eigenvalue weighted by Gasteiger charge is 2.54. The molecule has 21 heavy (non-hydrogen) atoms. The monoisotopic (exact) mass is 321 g/mol. The van der Waals surface area contributed by atoms with E-state index in [1.54, 1.807) is 0 Å². The van der Waals surface area contributed by atoms with Gasteiger partial charge in [-0.2, -0.15) is 18.2 Å². The lowest BCUT2D eigenvalue weighted by Crippen LogP contribution is -2.56. The van der Waals surface area contributed by atoms with Crippen molar-refractivity contribution in [3.8, 4) is 5.75 Å². The molecule has 0 aromatic carbocycles. The first-order chi connectivity index (χ1) is 9.88. The van der Waals surface area contributed by atoms with E-state index in [0.29, 0.717) is 12.8 Å². The van der Waals surface area contributed by atoms with E-state index in [1.165, 1.54) is 0 Å². The van der Waals surface area contributed by atoms with Gasteiger partial charge in [-0.3, -0.25) is 9.69 Å². The van der Waals surface area contributed by atoms with E-state index in [1.807, 2.05) is 0 Å². The number of nitrogens with zero attached hydrogens (tertiary/aromatic N) is 3. The van der Waals surface area contributed by atoms with Gasteiger partial charge in [0.1, 0.15) is 0 Å². The van der Waals surface area contributed by atoms with Crippen LogP contribution in [-0.2, 0) is 4.79 Å². The first kappa shape index (κ1) is 14.4.